The third-order valence-corrected chi connectivity index (χ3v) is 4.46. The molecule has 0 aliphatic carbocycles. The van der Waals surface area contributed by atoms with Crippen LogP contribution in [-0.4, -0.2) is 53.7 Å². The molecule has 0 unspecified atom stereocenters. The topological polar surface area (TPSA) is 183 Å². The zero-order valence-corrected chi connectivity index (χ0v) is 21.3. The van der Waals surface area contributed by atoms with E-state index in [1.807, 2.05) is 36.4 Å². The molecule has 1 aromatic carbocycles. The molecule has 0 aliphatic heterocycles. The van der Waals surface area contributed by atoms with Gasteiger partial charge in [0.05, 0.1) is 19.8 Å². The first-order valence-corrected chi connectivity index (χ1v) is 11.6. The van der Waals surface area contributed by atoms with Crippen molar-refractivity contribution in [1.29, 1.82) is 0 Å². The normalized spacial score (nSPS) is 9.70. The predicted octanol–water partition coefficient (Wildman–Crippen LogP) is 1.89. The lowest BCUT2D eigenvalue weighted by atomic mass is 10.2. The summed E-state index contributed by atoms with van der Waals surface area (Å²) in [5.74, 6) is -0.355. The van der Waals surface area contributed by atoms with Crippen LogP contribution in [0.25, 0.3) is 10.9 Å². The number of aromatic nitrogens is 2. The largest absolute Gasteiger partial charge is 0.394 e. The number of methoxy groups -OCH3 is 1. The van der Waals surface area contributed by atoms with Crippen molar-refractivity contribution in [3.8, 4) is 0 Å². The maximum Gasteiger partial charge on any atom is 0.274 e. The van der Waals surface area contributed by atoms with E-state index < -0.39 is 0 Å². The van der Waals surface area contributed by atoms with E-state index in [0.717, 1.165) is 35.9 Å². The summed E-state index contributed by atoms with van der Waals surface area (Å²) in [6.45, 7) is 3.11. The van der Waals surface area contributed by atoms with Crippen LogP contribution in [0, 0.1) is 0 Å². The quantitative estimate of drug-likeness (QED) is 0.156. The number of pyridine rings is 1. The lowest BCUT2D eigenvalue weighted by molar-refractivity contribution is -0.113. The van der Waals surface area contributed by atoms with Crippen molar-refractivity contribution in [3.63, 3.8) is 0 Å². The second kappa shape index (κ2) is 21.1. The van der Waals surface area contributed by atoms with Gasteiger partial charge < -0.3 is 36.2 Å². The smallest absolute Gasteiger partial charge is 0.274 e. The third-order valence-electron chi connectivity index (χ3n) is 4.46. The predicted molar refractivity (Wildman–Crippen MR) is 145 cm³/mol. The van der Waals surface area contributed by atoms with Gasteiger partial charge in [-0.2, -0.15) is 0 Å². The van der Waals surface area contributed by atoms with Gasteiger partial charge in [0.2, 0.25) is 18.7 Å². The van der Waals surface area contributed by atoms with Gasteiger partial charge in [0.1, 0.15) is 5.69 Å². The van der Waals surface area contributed by atoms with Crippen LogP contribution in [0.2, 0.25) is 0 Å². The van der Waals surface area contributed by atoms with Gasteiger partial charge in [0.15, 0.2) is 0 Å². The molecule has 11 heteroatoms. The van der Waals surface area contributed by atoms with Crippen LogP contribution in [0.15, 0.2) is 65.6 Å². The molecule has 0 bridgehead atoms. The maximum atomic E-state index is 12.1. The number of hydrogen-bond acceptors (Lipinski definition) is 6. The highest BCUT2D eigenvalue weighted by molar-refractivity contribution is 5.85. The van der Waals surface area contributed by atoms with Gasteiger partial charge in [-0.15, -0.1) is 0 Å². The standard InChI is InChI=1S/C15H13N3O2.C7H13NO.C3H8O2.CH3NO/c19-10-16-14-6-3-7-18(15(14)20)9-12-8-11-4-1-2-5-13(11)17-12;1-2-3-4-5-6-7(8)9;1-5-3-2-4;2-1-3/h1-8,10,17H,9H2,(H,16,19);5-6H,2-4H2,1H3,(H2,8,9);4H,2-3H2,1H3;1H,(H2,2,3)/b;6-5+;;. The lowest BCUT2D eigenvalue weighted by Crippen LogP contribution is -2.23. The number of rotatable bonds is 10. The van der Waals surface area contributed by atoms with E-state index >= 15 is 0 Å². The number of anilines is 1. The molecule has 0 saturated carbocycles. The Kier molecular flexibility index (Phi) is 18.7. The van der Waals surface area contributed by atoms with E-state index in [1.54, 1.807) is 30.0 Å². The number of para-hydroxylation sites is 1. The summed E-state index contributed by atoms with van der Waals surface area (Å²) in [6, 6.07) is 13.3. The molecule has 0 radical (unpaired) electrons. The van der Waals surface area contributed by atoms with Crippen molar-refractivity contribution in [2.24, 2.45) is 11.5 Å². The molecule has 0 spiro atoms. The molecule has 7 N–H and O–H groups in total. The van der Waals surface area contributed by atoms with E-state index in [-0.39, 0.29) is 30.2 Å². The Balaban J connectivity index is 0.000000635. The molecule has 2 aromatic heterocycles. The Morgan fingerprint density at radius 1 is 1.22 bits per heavy atom. The minimum absolute atomic E-state index is 0.122. The first-order chi connectivity index (χ1) is 17.9. The van der Waals surface area contributed by atoms with Crippen molar-refractivity contribution in [2.45, 2.75) is 32.7 Å². The minimum Gasteiger partial charge on any atom is -0.394 e. The van der Waals surface area contributed by atoms with Crippen molar-refractivity contribution in [1.82, 2.24) is 9.55 Å². The summed E-state index contributed by atoms with van der Waals surface area (Å²) in [5, 5.41) is 11.5. The Bertz CT molecular complexity index is 1100. The molecule has 0 saturated heterocycles. The van der Waals surface area contributed by atoms with E-state index in [9.17, 15) is 14.4 Å². The Hall–Kier alpha value is -4.22. The fourth-order valence-electron chi connectivity index (χ4n) is 2.85. The second-order valence-electron chi connectivity index (χ2n) is 7.30. The molecule has 2 heterocycles. The number of nitrogens with two attached hydrogens (primary N) is 2. The van der Waals surface area contributed by atoms with Gasteiger partial charge in [0.25, 0.3) is 5.56 Å². The molecule has 202 valence electrons. The SMILES string of the molecule is CCCC/C=C/C(N)=O.COCCO.NC=O.O=CNc1cccn(Cc2cc3ccccc3[nH]2)c1=O. The van der Waals surface area contributed by atoms with E-state index in [1.165, 1.54) is 6.08 Å². The monoisotopic (exact) mass is 515 g/mol. The summed E-state index contributed by atoms with van der Waals surface area (Å²) in [6.07, 6.45) is 8.92. The number of benzene rings is 1. The Labute approximate surface area is 216 Å². The van der Waals surface area contributed by atoms with Gasteiger partial charge in [-0.1, -0.05) is 44.0 Å². The van der Waals surface area contributed by atoms with Gasteiger partial charge in [-0.3, -0.25) is 19.2 Å². The summed E-state index contributed by atoms with van der Waals surface area (Å²) >= 11 is 0. The number of fused-ring (bicyclic) bond motifs is 1. The van der Waals surface area contributed by atoms with Crippen LogP contribution in [0.1, 0.15) is 31.9 Å². The molecule has 0 aliphatic rings. The number of amides is 3. The molecule has 3 rings (SSSR count). The number of carbonyl (C=O) groups is 3. The molecule has 3 aromatic rings. The van der Waals surface area contributed by atoms with Crippen LogP contribution in [0.3, 0.4) is 0 Å². The fraction of sp³-hybridized carbons (Fsp3) is 0.308. The lowest BCUT2D eigenvalue weighted by Gasteiger charge is -2.05. The number of H-pyrrole nitrogens is 1. The van der Waals surface area contributed by atoms with Gasteiger partial charge in [-0.25, -0.2) is 0 Å². The van der Waals surface area contributed by atoms with Crippen LogP contribution in [0.5, 0.6) is 0 Å². The average Bonchev–Trinajstić information content (AvgIpc) is 3.29. The molecule has 0 atom stereocenters. The van der Waals surface area contributed by atoms with E-state index in [4.69, 9.17) is 15.6 Å². The molecular formula is C26H37N5O6. The van der Waals surface area contributed by atoms with Crippen LogP contribution in [-0.2, 0) is 25.7 Å². The third kappa shape index (κ3) is 14.7. The summed E-state index contributed by atoms with van der Waals surface area (Å²) in [7, 11) is 1.55. The summed E-state index contributed by atoms with van der Waals surface area (Å²) in [4.78, 5) is 44.5. The number of hydrogen-bond donors (Lipinski definition) is 5. The maximum absolute atomic E-state index is 12.1. The number of aliphatic hydroxyl groups excluding tert-OH is 1. The molecule has 11 nitrogen and oxygen atoms in total. The number of aromatic amines is 1. The highest BCUT2D eigenvalue weighted by Crippen LogP contribution is 2.15. The summed E-state index contributed by atoms with van der Waals surface area (Å²) in [5.41, 5.74) is 11.0. The van der Waals surface area contributed by atoms with Crippen molar-refractivity contribution >= 4 is 35.3 Å². The first-order valence-electron chi connectivity index (χ1n) is 11.6. The molecular weight excluding hydrogens is 478 g/mol. The summed E-state index contributed by atoms with van der Waals surface area (Å²) < 4.78 is 5.99. The van der Waals surface area contributed by atoms with E-state index in [0.29, 0.717) is 19.6 Å². The fourth-order valence-corrected chi connectivity index (χ4v) is 2.85. The van der Waals surface area contributed by atoms with E-state index in [2.05, 4.69) is 27.7 Å². The number of ether oxygens (including phenoxy) is 1. The van der Waals surface area contributed by atoms with Gasteiger partial charge >= 0.3 is 0 Å². The number of carbonyl (C=O) groups excluding carboxylic acids is 3. The minimum atomic E-state index is -0.355. The number of unbranched alkanes of at least 4 members (excludes halogenated alkanes) is 2. The van der Waals surface area contributed by atoms with Crippen LogP contribution >= 0.6 is 0 Å². The number of allylic oxidation sites excluding steroid dienone is 1. The van der Waals surface area contributed by atoms with Crippen LogP contribution in [0.4, 0.5) is 5.69 Å². The second-order valence-corrected chi connectivity index (χ2v) is 7.30. The van der Waals surface area contributed by atoms with Crippen LogP contribution < -0.4 is 22.3 Å². The number of nitrogens with one attached hydrogen (secondary N) is 2. The Morgan fingerprint density at radius 3 is 2.46 bits per heavy atom. The number of aliphatic hydroxyl groups is 1. The zero-order chi connectivity index (χ0) is 27.9. The van der Waals surface area contributed by atoms with Gasteiger partial charge in [0, 0.05) is 24.5 Å². The average molecular weight is 516 g/mol. The van der Waals surface area contributed by atoms with Gasteiger partial charge in [-0.05, 0) is 42.1 Å². The van der Waals surface area contributed by atoms with Crippen molar-refractivity contribution < 1.29 is 24.2 Å². The van der Waals surface area contributed by atoms with Crippen molar-refractivity contribution in [2.75, 3.05) is 25.6 Å². The Morgan fingerprint density at radius 2 is 1.92 bits per heavy atom. The number of nitrogens with zero attached hydrogens (tertiary/aromatic N) is 1. The number of primary amides is 2. The zero-order valence-electron chi connectivity index (χ0n) is 21.3. The molecule has 0 fully saturated rings. The molecule has 37 heavy (non-hydrogen) atoms. The molecule has 3 amide bonds. The highest BCUT2D eigenvalue weighted by atomic mass is 16.5. The van der Waals surface area contributed by atoms with Crippen molar-refractivity contribution in [3.05, 3.63) is 76.9 Å². The first kappa shape index (κ1) is 32.8. The highest BCUT2D eigenvalue weighted by Gasteiger charge is 2.05.